The second-order valence-electron chi connectivity index (χ2n) is 11.2. The van der Waals surface area contributed by atoms with Crippen LogP contribution in [-0.4, -0.2) is 71.4 Å². The van der Waals surface area contributed by atoms with Gasteiger partial charge < -0.3 is 29.7 Å². The number of carbonyl (C=O) groups is 3. The summed E-state index contributed by atoms with van der Waals surface area (Å²) in [4.78, 5) is 41.2. The van der Waals surface area contributed by atoms with Crippen LogP contribution in [0.4, 0.5) is 0 Å². The van der Waals surface area contributed by atoms with Crippen LogP contribution in [-0.2, 0) is 22.6 Å². The number of hydrogen-bond acceptors (Lipinski definition) is 7. The third-order valence-corrected chi connectivity index (χ3v) is 8.39. The first kappa shape index (κ1) is 31.0. The standard InChI is InChI=1S/C34H34ClN5O6/c1-44-31-17-22-5-11-30(31)45-21-33(42)38-28-20-39(34(43)26-18-24(7-10-27(26)35)40-15-2-14-37-40)16-13-29(28)46-25-8-3-23(4-9-25)19-36-32(41)12-6-22/h2-5,7-11,14-15,17-18,28-29H,6,12-13,16,19-21H2,1H3,(H,36,41)(H,38,42)/t28-,29-/m1/s1. The first-order chi connectivity index (χ1) is 22.4. The molecule has 1 aromatic heterocycles. The van der Waals surface area contributed by atoms with Crippen LogP contribution >= 0.6 is 11.6 Å². The Bertz CT molecular complexity index is 1710. The Morgan fingerprint density at radius 1 is 1.02 bits per heavy atom. The fraction of sp³-hybridized carbons (Fsp3) is 0.294. The number of piperidine rings is 1. The smallest absolute Gasteiger partial charge is 0.258 e. The van der Waals surface area contributed by atoms with E-state index < -0.39 is 12.1 Å². The Kier molecular flexibility index (Phi) is 9.39. The predicted molar refractivity (Wildman–Crippen MR) is 171 cm³/mol. The molecule has 9 rings (SSSR count). The normalized spacial score (nSPS) is 18.9. The summed E-state index contributed by atoms with van der Waals surface area (Å²) in [6.07, 6.45) is 4.32. The summed E-state index contributed by atoms with van der Waals surface area (Å²) >= 11 is 6.50. The molecule has 46 heavy (non-hydrogen) atoms. The van der Waals surface area contributed by atoms with Crippen LogP contribution in [0, 0.1) is 0 Å². The highest BCUT2D eigenvalue weighted by Crippen LogP contribution is 2.29. The van der Waals surface area contributed by atoms with E-state index in [1.54, 1.807) is 58.4 Å². The van der Waals surface area contributed by atoms with Crippen molar-refractivity contribution < 1.29 is 28.6 Å². The minimum Gasteiger partial charge on any atom is -0.493 e. The molecule has 0 unspecified atom stereocenters. The van der Waals surface area contributed by atoms with E-state index in [0.29, 0.717) is 65.9 Å². The zero-order valence-corrected chi connectivity index (χ0v) is 26.0. The van der Waals surface area contributed by atoms with Crippen molar-refractivity contribution in [2.24, 2.45) is 0 Å². The van der Waals surface area contributed by atoms with E-state index in [1.807, 2.05) is 30.3 Å². The van der Waals surface area contributed by atoms with E-state index in [9.17, 15) is 14.4 Å². The number of nitrogens with one attached hydrogen (secondary N) is 2. The maximum Gasteiger partial charge on any atom is 0.258 e. The van der Waals surface area contributed by atoms with Crippen molar-refractivity contribution in [1.29, 1.82) is 0 Å². The van der Waals surface area contributed by atoms with Gasteiger partial charge in [-0.1, -0.05) is 29.8 Å². The molecular formula is C34H34ClN5O6. The van der Waals surface area contributed by atoms with E-state index in [-0.39, 0.29) is 30.9 Å². The Hall–Kier alpha value is -5.03. The molecule has 2 atom stereocenters. The molecule has 3 aromatic carbocycles. The van der Waals surface area contributed by atoms with Gasteiger partial charge in [-0.05, 0) is 66.1 Å². The summed E-state index contributed by atoms with van der Waals surface area (Å²) in [5.41, 5.74) is 2.88. The van der Waals surface area contributed by atoms with Gasteiger partial charge in [-0.3, -0.25) is 14.4 Å². The van der Waals surface area contributed by atoms with Crippen molar-refractivity contribution in [2.45, 2.75) is 38.0 Å². The van der Waals surface area contributed by atoms with Crippen LogP contribution < -0.4 is 24.8 Å². The molecule has 5 aliphatic heterocycles. The number of aromatic nitrogens is 2. The third-order valence-electron chi connectivity index (χ3n) is 8.06. The average Bonchev–Trinajstić information content (AvgIpc) is 3.62. The molecule has 12 heteroatoms. The van der Waals surface area contributed by atoms with Gasteiger partial charge in [0.1, 0.15) is 11.9 Å². The van der Waals surface area contributed by atoms with Crippen molar-refractivity contribution in [3.8, 4) is 22.9 Å². The lowest BCUT2D eigenvalue weighted by molar-refractivity contribution is -0.125. The molecule has 238 valence electrons. The molecule has 0 saturated carbocycles. The summed E-state index contributed by atoms with van der Waals surface area (Å²) in [5.74, 6) is 0.780. The minimum atomic E-state index is -0.546. The van der Waals surface area contributed by atoms with Gasteiger partial charge in [0.25, 0.3) is 11.8 Å². The Balaban J connectivity index is 1.24. The molecule has 11 nitrogen and oxygen atoms in total. The van der Waals surface area contributed by atoms with Crippen molar-refractivity contribution in [3.05, 3.63) is 101 Å². The molecule has 3 amide bonds. The highest BCUT2D eigenvalue weighted by atomic mass is 35.5. The summed E-state index contributed by atoms with van der Waals surface area (Å²) in [7, 11) is 1.52. The van der Waals surface area contributed by atoms with Crippen molar-refractivity contribution >= 4 is 29.3 Å². The predicted octanol–water partition coefficient (Wildman–Crippen LogP) is 3.95. The summed E-state index contributed by atoms with van der Waals surface area (Å²) in [6, 6.07) is 19.3. The SMILES string of the molecule is COc1cc2ccc1OCC(=O)N[C@@H]1CN(C(=O)c3cc(-n4cccn4)ccc3Cl)CC[C@H]1Oc1ccc(cc1)CNC(=O)CC2. The number of amides is 3. The van der Waals surface area contributed by atoms with Crippen LogP contribution in [0.2, 0.25) is 5.02 Å². The monoisotopic (exact) mass is 643 g/mol. The maximum atomic E-state index is 13.8. The number of carbonyl (C=O) groups excluding carboxylic acids is 3. The number of aryl methyl sites for hydroxylation is 1. The fourth-order valence-electron chi connectivity index (χ4n) is 5.59. The van der Waals surface area contributed by atoms with Crippen LogP contribution in [0.15, 0.2) is 79.1 Å². The van der Waals surface area contributed by atoms with Gasteiger partial charge in [-0.15, -0.1) is 0 Å². The number of rotatable bonds is 3. The highest BCUT2D eigenvalue weighted by molar-refractivity contribution is 6.33. The largest absolute Gasteiger partial charge is 0.493 e. The number of likely N-dealkylation sites (tertiary alicyclic amines) is 1. The minimum absolute atomic E-state index is 0.0655. The first-order valence-corrected chi connectivity index (χ1v) is 15.4. The van der Waals surface area contributed by atoms with Crippen LogP contribution in [0.1, 0.15) is 34.3 Å². The molecule has 0 aliphatic carbocycles. The van der Waals surface area contributed by atoms with E-state index in [0.717, 1.165) is 11.1 Å². The quantitative estimate of drug-likeness (QED) is 0.346. The third kappa shape index (κ3) is 7.26. The average molecular weight is 644 g/mol. The lowest BCUT2D eigenvalue weighted by Crippen LogP contribution is -2.58. The van der Waals surface area contributed by atoms with Gasteiger partial charge in [-0.25, -0.2) is 4.68 Å². The number of hydrogen-bond donors (Lipinski definition) is 2. The maximum absolute atomic E-state index is 13.8. The molecule has 5 aliphatic rings. The van der Waals surface area contributed by atoms with Gasteiger partial charge in [0.15, 0.2) is 18.1 Å². The Morgan fingerprint density at radius 3 is 2.63 bits per heavy atom. The Morgan fingerprint density at radius 2 is 1.85 bits per heavy atom. The molecular weight excluding hydrogens is 610 g/mol. The van der Waals surface area contributed by atoms with Gasteiger partial charge in [0.05, 0.1) is 29.4 Å². The van der Waals surface area contributed by atoms with Gasteiger partial charge >= 0.3 is 0 Å². The summed E-state index contributed by atoms with van der Waals surface area (Å²) < 4.78 is 19.4. The molecule has 1 fully saturated rings. The van der Waals surface area contributed by atoms with Crippen molar-refractivity contribution in [2.75, 3.05) is 26.8 Å². The summed E-state index contributed by atoms with van der Waals surface area (Å²) in [6.45, 7) is 0.697. The molecule has 0 radical (unpaired) electrons. The van der Waals surface area contributed by atoms with Crippen molar-refractivity contribution in [3.63, 3.8) is 0 Å². The molecule has 1 saturated heterocycles. The van der Waals surface area contributed by atoms with Gasteiger partial charge in [0.2, 0.25) is 5.91 Å². The molecule has 4 bridgehead atoms. The molecule has 6 heterocycles. The van der Waals surface area contributed by atoms with Crippen LogP contribution in [0.5, 0.6) is 17.2 Å². The lowest BCUT2D eigenvalue weighted by atomic mass is 10.00. The van der Waals surface area contributed by atoms with E-state index in [1.165, 1.54) is 7.11 Å². The van der Waals surface area contributed by atoms with Gasteiger partial charge in [0, 0.05) is 44.9 Å². The highest BCUT2D eigenvalue weighted by Gasteiger charge is 2.35. The number of ether oxygens (including phenoxy) is 3. The number of halogens is 1. The van der Waals surface area contributed by atoms with Gasteiger partial charge in [-0.2, -0.15) is 5.10 Å². The van der Waals surface area contributed by atoms with E-state index in [2.05, 4.69) is 15.7 Å². The molecule has 2 N–H and O–H groups in total. The number of nitrogens with zero attached hydrogens (tertiary/aromatic N) is 3. The number of methoxy groups -OCH3 is 1. The first-order valence-electron chi connectivity index (χ1n) is 15.1. The lowest BCUT2D eigenvalue weighted by Gasteiger charge is -2.39. The second-order valence-corrected chi connectivity index (χ2v) is 11.6. The zero-order valence-electron chi connectivity index (χ0n) is 25.3. The number of benzene rings is 3. The fourth-order valence-corrected chi connectivity index (χ4v) is 5.79. The Labute approximate surface area is 271 Å². The molecule has 0 spiro atoms. The van der Waals surface area contributed by atoms with Crippen LogP contribution in [0.25, 0.3) is 5.69 Å². The summed E-state index contributed by atoms with van der Waals surface area (Å²) in [5, 5.41) is 10.6. The molecule has 4 aromatic rings. The topological polar surface area (TPSA) is 124 Å². The second kappa shape index (κ2) is 13.9. The van der Waals surface area contributed by atoms with E-state index in [4.69, 9.17) is 25.8 Å². The van der Waals surface area contributed by atoms with Crippen molar-refractivity contribution in [1.82, 2.24) is 25.3 Å². The zero-order chi connectivity index (χ0) is 32.0. The van der Waals surface area contributed by atoms with Crippen LogP contribution in [0.3, 0.4) is 0 Å². The van der Waals surface area contributed by atoms with E-state index >= 15 is 0 Å².